The van der Waals surface area contributed by atoms with Crippen LogP contribution in [0, 0.1) is 12.3 Å². The number of thioether (sulfide) groups is 1. The molecule has 3 aromatic carbocycles. The lowest BCUT2D eigenvalue weighted by Gasteiger charge is -2.18. The van der Waals surface area contributed by atoms with E-state index in [0.717, 1.165) is 27.4 Å². The fourth-order valence-corrected chi connectivity index (χ4v) is 4.30. The van der Waals surface area contributed by atoms with Crippen LogP contribution in [0.1, 0.15) is 43.6 Å². The van der Waals surface area contributed by atoms with Crippen molar-refractivity contribution in [2.24, 2.45) is 5.41 Å². The smallest absolute Gasteiger partial charge is 0.242 e. The van der Waals surface area contributed by atoms with Gasteiger partial charge in [0.1, 0.15) is 5.25 Å². The van der Waals surface area contributed by atoms with Crippen molar-refractivity contribution in [3.05, 3.63) is 90.0 Å². The largest absolute Gasteiger partial charge is 0.326 e. The Morgan fingerprint density at radius 3 is 2.16 bits per heavy atom. The summed E-state index contributed by atoms with van der Waals surface area (Å²) >= 11 is 1.49. The van der Waals surface area contributed by atoms with Crippen LogP contribution in [-0.4, -0.2) is 11.8 Å². The maximum absolute atomic E-state index is 13.2. The highest BCUT2D eigenvalue weighted by Gasteiger charge is 2.22. The van der Waals surface area contributed by atoms with Gasteiger partial charge in [-0.15, -0.1) is 11.8 Å². The molecule has 166 valence electrons. The summed E-state index contributed by atoms with van der Waals surface area (Å²) in [7, 11) is 0. The van der Waals surface area contributed by atoms with Crippen LogP contribution < -0.4 is 10.6 Å². The van der Waals surface area contributed by atoms with E-state index < -0.39 is 5.25 Å². The van der Waals surface area contributed by atoms with Crippen molar-refractivity contribution in [1.82, 2.24) is 0 Å². The molecule has 32 heavy (non-hydrogen) atoms. The molecule has 1 atom stereocenters. The quantitative estimate of drug-likeness (QED) is 0.391. The van der Waals surface area contributed by atoms with Crippen LogP contribution in [0.25, 0.3) is 0 Å². The first-order valence-corrected chi connectivity index (χ1v) is 11.6. The fourth-order valence-electron chi connectivity index (χ4n) is 3.27. The number of nitrogens with one attached hydrogen (secondary N) is 2. The Labute approximate surface area is 194 Å². The summed E-state index contributed by atoms with van der Waals surface area (Å²) in [4.78, 5) is 26.3. The van der Waals surface area contributed by atoms with Crippen molar-refractivity contribution in [2.75, 3.05) is 10.6 Å². The molecule has 0 saturated carbocycles. The van der Waals surface area contributed by atoms with Crippen molar-refractivity contribution in [1.29, 1.82) is 0 Å². The number of carbonyl (C=O) groups is 2. The summed E-state index contributed by atoms with van der Waals surface area (Å²) in [6, 6.07) is 25.2. The molecule has 0 aliphatic carbocycles. The van der Waals surface area contributed by atoms with Crippen LogP contribution in [0.2, 0.25) is 0 Å². The van der Waals surface area contributed by atoms with Gasteiger partial charge in [0.05, 0.1) is 0 Å². The fraction of sp³-hybridized carbons (Fsp3) is 0.259. The van der Waals surface area contributed by atoms with Crippen LogP contribution in [0.5, 0.6) is 0 Å². The van der Waals surface area contributed by atoms with Crippen LogP contribution in [-0.2, 0) is 9.59 Å². The number of hydrogen-bond acceptors (Lipinski definition) is 3. The van der Waals surface area contributed by atoms with E-state index in [4.69, 9.17) is 0 Å². The van der Waals surface area contributed by atoms with E-state index in [9.17, 15) is 9.59 Å². The van der Waals surface area contributed by atoms with Gasteiger partial charge in [-0.1, -0.05) is 63.2 Å². The Kier molecular flexibility index (Phi) is 7.75. The molecule has 0 heterocycles. The number of anilines is 2. The molecule has 2 amide bonds. The van der Waals surface area contributed by atoms with Crippen molar-refractivity contribution >= 4 is 35.0 Å². The summed E-state index contributed by atoms with van der Waals surface area (Å²) in [6.45, 7) is 8.12. The predicted molar refractivity (Wildman–Crippen MR) is 134 cm³/mol. The summed E-state index contributed by atoms with van der Waals surface area (Å²) in [5.74, 6) is -0.0769. The van der Waals surface area contributed by atoms with E-state index in [1.807, 2.05) is 107 Å². The zero-order valence-corrected chi connectivity index (χ0v) is 19.8. The van der Waals surface area contributed by atoms with Gasteiger partial charge in [-0.05, 0) is 59.9 Å². The van der Waals surface area contributed by atoms with E-state index in [2.05, 4.69) is 10.6 Å². The molecule has 2 N–H and O–H groups in total. The molecule has 0 radical (unpaired) electrons. The van der Waals surface area contributed by atoms with Gasteiger partial charge in [0.15, 0.2) is 0 Å². The Morgan fingerprint density at radius 2 is 1.53 bits per heavy atom. The summed E-state index contributed by atoms with van der Waals surface area (Å²) in [5, 5.41) is 5.58. The van der Waals surface area contributed by atoms with E-state index >= 15 is 0 Å². The highest BCUT2D eigenvalue weighted by Crippen LogP contribution is 2.36. The zero-order valence-electron chi connectivity index (χ0n) is 19.0. The molecule has 0 aliphatic heterocycles. The summed E-state index contributed by atoms with van der Waals surface area (Å²) in [5.41, 5.74) is 3.51. The number of rotatable bonds is 7. The van der Waals surface area contributed by atoms with E-state index in [1.165, 1.54) is 11.8 Å². The third-order valence-corrected chi connectivity index (χ3v) is 5.98. The van der Waals surface area contributed by atoms with Crippen LogP contribution >= 0.6 is 11.8 Å². The lowest BCUT2D eigenvalue weighted by Crippen LogP contribution is -2.19. The van der Waals surface area contributed by atoms with Crippen molar-refractivity contribution in [3.8, 4) is 0 Å². The summed E-state index contributed by atoms with van der Waals surface area (Å²) < 4.78 is 0. The van der Waals surface area contributed by atoms with Crippen LogP contribution in [0.4, 0.5) is 11.4 Å². The second kappa shape index (κ2) is 10.5. The minimum atomic E-state index is -0.405. The van der Waals surface area contributed by atoms with Crippen molar-refractivity contribution < 1.29 is 9.59 Å². The standard InChI is InChI=1S/C27H30N2O2S/c1-19-9-8-12-22(17-19)29-26(31)25(20-10-6-5-7-11-20)32-23-15-13-21(14-16-23)28-24(30)18-27(2,3)4/h5-17,25H,18H2,1-4H3,(H,28,30)(H,29,31). The third-order valence-electron chi connectivity index (χ3n) is 4.71. The van der Waals surface area contributed by atoms with Gasteiger partial charge in [-0.25, -0.2) is 0 Å². The summed E-state index contributed by atoms with van der Waals surface area (Å²) in [6.07, 6.45) is 0.457. The molecule has 0 aliphatic rings. The molecule has 3 rings (SSSR count). The van der Waals surface area contributed by atoms with E-state index in [0.29, 0.717) is 6.42 Å². The van der Waals surface area contributed by atoms with Crippen molar-refractivity contribution in [3.63, 3.8) is 0 Å². The number of aryl methyl sites for hydroxylation is 1. The Morgan fingerprint density at radius 1 is 0.844 bits per heavy atom. The average Bonchev–Trinajstić information content (AvgIpc) is 2.72. The first-order chi connectivity index (χ1) is 15.2. The molecule has 0 saturated heterocycles. The average molecular weight is 447 g/mol. The second-order valence-corrected chi connectivity index (χ2v) is 10.3. The SMILES string of the molecule is Cc1cccc(NC(=O)C(Sc2ccc(NC(=O)CC(C)(C)C)cc2)c2ccccc2)c1. The number of carbonyl (C=O) groups excluding carboxylic acids is 2. The Bertz CT molecular complexity index is 1060. The second-order valence-electron chi connectivity index (χ2n) is 9.08. The highest BCUT2D eigenvalue weighted by molar-refractivity contribution is 8.00. The minimum Gasteiger partial charge on any atom is -0.326 e. The van der Waals surface area contributed by atoms with Gasteiger partial charge >= 0.3 is 0 Å². The Hall–Kier alpha value is -3.05. The van der Waals surface area contributed by atoms with Gasteiger partial charge in [-0.2, -0.15) is 0 Å². The van der Waals surface area contributed by atoms with Gasteiger partial charge in [0, 0.05) is 22.7 Å². The molecule has 3 aromatic rings. The molecular weight excluding hydrogens is 416 g/mol. The topological polar surface area (TPSA) is 58.2 Å². The van der Waals surface area contributed by atoms with Gasteiger partial charge in [0.2, 0.25) is 11.8 Å². The van der Waals surface area contributed by atoms with E-state index in [-0.39, 0.29) is 17.2 Å². The zero-order chi connectivity index (χ0) is 23.1. The predicted octanol–water partition coefficient (Wildman–Crippen LogP) is 6.84. The van der Waals surface area contributed by atoms with Gasteiger partial charge in [0.25, 0.3) is 0 Å². The number of amides is 2. The first-order valence-electron chi connectivity index (χ1n) is 10.7. The lowest BCUT2D eigenvalue weighted by atomic mass is 9.92. The number of hydrogen-bond donors (Lipinski definition) is 2. The van der Waals surface area contributed by atoms with Gasteiger partial charge in [-0.3, -0.25) is 9.59 Å². The molecule has 4 nitrogen and oxygen atoms in total. The molecule has 0 fully saturated rings. The Balaban J connectivity index is 1.74. The number of benzene rings is 3. The van der Waals surface area contributed by atoms with Crippen molar-refractivity contribution in [2.45, 2.75) is 44.3 Å². The molecule has 5 heteroatoms. The van der Waals surface area contributed by atoms with Crippen LogP contribution in [0.3, 0.4) is 0 Å². The molecule has 1 unspecified atom stereocenters. The minimum absolute atomic E-state index is 0.00222. The third kappa shape index (κ3) is 7.27. The molecule has 0 aromatic heterocycles. The van der Waals surface area contributed by atoms with Crippen LogP contribution in [0.15, 0.2) is 83.8 Å². The molecule has 0 spiro atoms. The van der Waals surface area contributed by atoms with E-state index in [1.54, 1.807) is 0 Å². The highest BCUT2D eigenvalue weighted by atomic mass is 32.2. The monoisotopic (exact) mass is 446 g/mol. The molecule has 0 bridgehead atoms. The lowest BCUT2D eigenvalue weighted by molar-refractivity contribution is -0.118. The molecular formula is C27H30N2O2S. The maximum Gasteiger partial charge on any atom is 0.242 e. The maximum atomic E-state index is 13.2. The van der Waals surface area contributed by atoms with Gasteiger partial charge < -0.3 is 10.6 Å². The normalized spacial score (nSPS) is 12.1. The first kappa shape index (κ1) is 23.6.